The van der Waals surface area contributed by atoms with Crippen molar-refractivity contribution in [1.29, 1.82) is 0 Å². The second-order valence-corrected chi connectivity index (χ2v) is 7.95. The lowest BCUT2D eigenvalue weighted by atomic mass is 9.95. The molecule has 0 saturated heterocycles. The van der Waals surface area contributed by atoms with E-state index in [1.807, 2.05) is 6.92 Å². The Morgan fingerprint density at radius 2 is 1.68 bits per heavy atom. The van der Waals surface area contributed by atoms with Gasteiger partial charge in [-0.3, -0.25) is 24.5 Å². The minimum atomic E-state index is -1.28. The third kappa shape index (κ3) is 8.89. The zero-order valence-corrected chi connectivity index (χ0v) is 19.9. The maximum Gasteiger partial charge on any atom is 0.323 e. The fraction of sp³-hybridized carbons (Fsp3) is 0.565. The third-order valence-corrected chi connectivity index (χ3v) is 5.56. The molecule has 0 aliphatic heterocycles. The number of methoxy groups -OCH3 is 2. The molecule has 0 spiro atoms. The topological polar surface area (TPSA) is 163 Å². The van der Waals surface area contributed by atoms with Gasteiger partial charge in [0.2, 0.25) is 5.91 Å². The van der Waals surface area contributed by atoms with Crippen LogP contribution in [0.15, 0.2) is 18.2 Å². The van der Waals surface area contributed by atoms with Gasteiger partial charge in [0.05, 0.1) is 20.3 Å². The van der Waals surface area contributed by atoms with Gasteiger partial charge in [0.15, 0.2) is 11.5 Å². The number of carboxylic acid groups (broad SMARTS) is 3. The number of carbonyl (C=O) groups excluding carboxylic acids is 1. The summed E-state index contributed by atoms with van der Waals surface area (Å²) >= 11 is 0. The molecular weight excluding hydrogens is 448 g/mol. The molecule has 3 atom stereocenters. The Morgan fingerprint density at radius 3 is 2.18 bits per heavy atom. The van der Waals surface area contributed by atoms with Gasteiger partial charge in [-0.2, -0.15) is 0 Å². The fourth-order valence-electron chi connectivity index (χ4n) is 3.40. The van der Waals surface area contributed by atoms with E-state index in [9.17, 15) is 29.4 Å². The van der Waals surface area contributed by atoms with E-state index in [0.29, 0.717) is 24.3 Å². The van der Waals surface area contributed by atoms with Crippen molar-refractivity contribution in [2.45, 2.75) is 51.6 Å². The first-order valence-electron chi connectivity index (χ1n) is 11.0. The van der Waals surface area contributed by atoms with Gasteiger partial charge in [-0.05, 0) is 36.5 Å². The zero-order chi connectivity index (χ0) is 25.8. The summed E-state index contributed by atoms with van der Waals surface area (Å²) in [5.41, 5.74) is 0.791. The number of benzene rings is 1. The molecule has 1 rings (SSSR count). The number of carboxylic acids is 3. The number of hydrogen-bond donors (Lipinski definition) is 4. The molecule has 1 amide bonds. The lowest BCUT2D eigenvalue weighted by molar-refractivity contribution is -0.147. The van der Waals surface area contributed by atoms with Gasteiger partial charge in [-0.25, -0.2) is 0 Å². The first-order valence-corrected chi connectivity index (χ1v) is 11.0. The molecule has 0 radical (unpaired) electrons. The van der Waals surface area contributed by atoms with Crippen molar-refractivity contribution < 1.29 is 44.0 Å². The lowest BCUT2D eigenvalue weighted by Gasteiger charge is -2.32. The van der Waals surface area contributed by atoms with E-state index in [0.717, 1.165) is 5.56 Å². The zero-order valence-electron chi connectivity index (χ0n) is 19.9. The molecule has 4 N–H and O–H groups in total. The molecule has 3 unspecified atom stereocenters. The minimum absolute atomic E-state index is 0.0715. The Balaban J connectivity index is 3.11. The van der Waals surface area contributed by atoms with Crippen molar-refractivity contribution in [3.63, 3.8) is 0 Å². The van der Waals surface area contributed by atoms with Crippen molar-refractivity contribution in [1.82, 2.24) is 10.2 Å². The van der Waals surface area contributed by atoms with Crippen LogP contribution in [-0.4, -0.2) is 83.4 Å². The molecule has 190 valence electrons. The average molecular weight is 483 g/mol. The highest BCUT2D eigenvalue weighted by molar-refractivity contribution is 5.86. The van der Waals surface area contributed by atoms with E-state index in [4.69, 9.17) is 14.6 Å². The second kappa shape index (κ2) is 14.0. The summed E-state index contributed by atoms with van der Waals surface area (Å²) in [6, 6.07) is 2.96. The maximum absolute atomic E-state index is 13.4. The molecule has 11 heteroatoms. The van der Waals surface area contributed by atoms with Gasteiger partial charge in [-0.1, -0.05) is 26.3 Å². The molecule has 0 bridgehead atoms. The van der Waals surface area contributed by atoms with Gasteiger partial charge in [0.25, 0.3) is 0 Å². The highest BCUT2D eigenvalue weighted by atomic mass is 16.5. The quantitative estimate of drug-likeness (QED) is 0.271. The normalized spacial score (nSPS) is 13.4. The monoisotopic (exact) mass is 482 g/mol. The smallest absolute Gasteiger partial charge is 0.323 e. The molecule has 0 saturated carbocycles. The number of nitrogens with zero attached hydrogens (tertiary/aromatic N) is 1. The van der Waals surface area contributed by atoms with Crippen molar-refractivity contribution in [3.05, 3.63) is 23.8 Å². The van der Waals surface area contributed by atoms with E-state index in [1.54, 1.807) is 25.1 Å². The highest BCUT2D eigenvalue weighted by Gasteiger charge is 2.33. The number of hydrogen-bond acceptors (Lipinski definition) is 7. The SMILES string of the molecule is CCC(C)C(NC(CCC(=O)O)C(=O)O)C(=O)N(CCc1ccc(OC)c(OC)c1)CC(=O)O. The molecule has 0 heterocycles. The summed E-state index contributed by atoms with van der Waals surface area (Å²) in [6.07, 6.45) is 0.248. The average Bonchev–Trinajstić information content (AvgIpc) is 2.80. The maximum atomic E-state index is 13.4. The Hall–Kier alpha value is -3.34. The van der Waals surface area contributed by atoms with Crippen LogP contribution in [0.4, 0.5) is 0 Å². The number of amides is 1. The summed E-state index contributed by atoms with van der Waals surface area (Å²) in [5.74, 6) is -3.48. The molecule has 1 aromatic carbocycles. The molecule has 0 fully saturated rings. The fourth-order valence-corrected chi connectivity index (χ4v) is 3.40. The first-order chi connectivity index (χ1) is 16.0. The van der Waals surface area contributed by atoms with Crippen molar-refractivity contribution >= 4 is 23.8 Å². The largest absolute Gasteiger partial charge is 0.493 e. The van der Waals surface area contributed by atoms with Crippen LogP contribution in [0.5, 0.6) is 11.5 Å². The van der Waals surface area contributed by atoms with E-state index in [1.165, 1.54) is 19.1 Å². The molecule has 0 aliphatic rings. The summed E-state index contributed by atoms with van der Waals surface area (Å²) in [6.45, 7) is 3.08. The predicted octanol–water partition coefficient (Wildman–Crippen LogP) is 1.48. The number of rotatable bonds is 16. The van der Waals surface area contributed by atoms with Gasteiger partial charge in [0, 0.05) is 13.0 Å². The molecule has 0 aliphatic carbocycles. The Labute approximate surface area is 198 Å². The van der Waals surface area contributed by atoms with E-state index in [2.05, 4.69) is 5.32 Å². The van der Waals surface area contributed by atoms with E-state index >= 15 is 0 Å². The van der Waals surface area contributed by atoms with E-state index in [-0.39, 0.29) is 25.3 Å². The van der Waals surface area contributed by atoms with Gasteiger partial charge in [0.1, 0.15) is 12.6 Å². The number of nitrogens with one attached hydrogen (secondary N) is 1. The summed E-state index contributed by atoms with van der Waals surface area (Å²) in [4.78, 5) is 48.6. The van der Waals surface area contributed by atoms with Crippen LogP contribution in [0.25, 0.3) is 0 Å². The highest BCUT2D eigenvalue weighted by Crippen LogP contribution is 2.27. The standard InChI is InChI=1S/C23H34N2O9/c1-5-14(2)21(24-16(23(31)32)7-9-19(26)27)22(30)25(13-20(28)29)11-10-15-6-8-17(33-3)18(12-15)34-4/h6,8,12,14,16,21,24H,5,7,9-11,13H2,1-4H3,(H,26,27)(H,28,29)(H,31,32). The lowest BCUT2D eigenvalue weighted by Crippen LogP contribution is -2.55. The predicted molar refractivity (Wildman–Crippen MR) is 122 cm³/mol. The van der Waals surface area contributed by atoms with Crippen molar-refractivity contribution in [3.8, 4) is 11.5 Å². The Kier molecular flexibility index (Phi) is 11.8. The van der Waals surface area contributed by atoms with Crippen LogP contribution in [0, 0.1) is 5.92 Å². The summed E-state index contributed by atoms with van der Waals surface area (Å²) in [5, 5.41) is 30.5. The summed E-state index contributed by atoms with van der Waals surface area (Å²) in [7, 11) is 3.00. The molecule has 34 heavy (non-hydrogen) atoms. The van der Waals surface area contributed by atoms with Crippen LogP contribution >= 0.6 is 0 Å². The third-order valence-electron chi connectivity index (χ3n) is 5.56. The van der Waals surface area contributed by atoms with Gasteiger partial charge >= 0.3 is 17.9 Å². The van der Waals surface area contributed by atoms with Crippen molar-refractivity contribution in [2.75, 3.05) is 27.3 Å². The van der Waals surface area contributed by atoms with Crippen LogP contribution < -0.4 is 14.8 Å². The number of ether oxygens (including phenoxy) is 2. The van der Waals surface area contributed by atoms with Crippen LogP contribution in [0.2, 0.25) is 0 Å². The minimum Gasteiger partial charge on any atom is -0.493 e. The van der Waals surface area contributed by atoms with Crippen LogP contribution in [0.1, 0.15) is 38.7 Å². The molecular formula is C23H34N2O9. The number of carbonyl (C=O) groups is 4. The van der Waals surface area contributed by atoms with Crippen molar-refractivity contribution in [2.24, 2.45) is 5.92 Å². The second-order valence-electron chi connectivity index (χ2n) is 7.95. The number of aliphatic carboxylic acids is 3. The van der Waals surface area contributed by atoms with Crippen LogP contribution in [0.3, 0.4) is 0 Å². The van der Waals surface area contributed by atoms with E-state index < -0.39 is 42.4 Å². The Morgan fingerprint density at radius 1 is 1.03 bits per heavy atom. The molecule has 11 nitrogen and oxygen atoms in total. The first kappa shape index (κ1) is 28.7. The summed E-state index contributed by atoms with van der Waals surface area (Å²) < 4.78 is 10.5. The van der Waals surface area contributed by atoms with Gasteiger partial charge in [-0.15, -0.1) is 0 Å². The molecule has 0 aromatic heterocycles. The molecule has 1 aromatic rings. The Bertz CT molecular complexity index is 859. The van der Waals surface area contributed by atoms with Gasteiger partial charge < -0.3 is 29.7 Å². The van der Waals surface area contributed by atoms with Crippen LogP contribution in [-0.2, 0) is 25.6 Å².